The van der Waals surface area contributed by atoms with Gasteiger partial charge in [0.25, 0.3) is 10.1 Å². The molecule has 0 saturated carbocycles. The van der Waals surface area contributed by atoms with Crippen LogP contribution in [0.5, 0.6) is 0 Å². The van der Waals surface area contributed by atoms with Crippen molar-refractivity contribution in [3.8, 4) is 0 Å². The quantitative estimate of drug-likeness (QED) is 0.634. The summed E-state index contributed by atoms with van der Waals surface area (Å²) in [5, 5.41) is 0. The number of hydrogen-bond acceptors (Lipinski definition) is 2. The van der Waals surface area contributed by atoms with E-state index in [1.807, 2.05) is 0 Å². The highest BCUT2D eigenvalue weighted by atomic mass is 32.2. The van der Waals surface area contributed by atoms with Crippen molar-refractivity contribution in [2.75, 3.05) is 0 Å². The van der Waals surface area contributed by atoms with Crippen LogP contribution in [0, 0.1) is 0 Å². The molecule has 0 spiro atoms. The molecule has 1 aliphatic carbocycles. The summed E-state index contributed by atoms with van der Waals surface area (Å²) in [7, 11) is -4.05. The lowest BCUT2D eigenvalue weighted by atomic mass is 10.0. The van der Waals surface area contributed by atoms with Gasteiger partial charge in [-0.2, -0.15) is 8.42 Å². The van der Waals surface area contributed by atoms with E-state index < -0.39 is 10.1 Å². The fourth-order valence-corrected chi connectivity index (χ4v) is 1.89. The van der Waals surface area contributed by atoms with Crippen LogP contribution in [0.2, 0.25) is 0 Å². The predicted octanol–water partition coefficient (Wildman–Crippen LogP) is 1.66. The fourth-order valence-electron chi connectivity index (χ4n) is 1.13. The SMILES string of the molecule is C=C1C=C(C)C(S(=O)(=O)O)=CC1. The molecule has 0 saturated heterocycles. The van der Waals surface area contributed by atoms with Gasteiger partial charge in [-0.05, 0) is 18.9 Å². The molecule has 1 rings (SSSR count). The molecule has 4 heteroatoms. The molecule has 0 amide bonds. The fraction of sp³-hybridized carbons (Fsp3) is 0.250. The summed E-state index contributed by atoms with van der Waals surface area (Å²) in [5.74, 6) is 0. The monoisotopic (exact) mass is 186 g/mol. The lowest BCUT2D eigenvalue weighted by Crippen LogP contribution is -2.05. The first-order chi connectivity index (χ1) is 5.41. The smallest absolute Gasteiger partial charge is 0.282 e. The van der Waals surface area contributed by atoms with Crippen molar-refractivity contribution < 1.29 is 13.0 Å². The Morgan fingerprint density at radius 1 is 1.58 bits per heavy atom. The zero-order valence-corrected chi connectivity index (χ0v) is 7.56. The van der Waals surface area contributed by atoms with Gasteiger partial charge in [0.15, 0.2) is 0 Å². The lowest BCUT2D eigenvalue weighted by molar-refractivity contribution is 0.491. The first kappa shape index (κ1) is 9.22. The molecule has 0 aromatic heterocycles. The third kappa shape index (κ3) is 1.84. The first-order valence-corrected chi connectivity index (χ1v) is 4.89. The predicted molar refractivity (Wildman–Crippen MR) is 47.1 cm³/mol. The van der Waals surface area contributed by atoms with E-state index in [0.717, 1.165) is 5.57 Å². The second-order valence-corrected chi connectivity index (χ2v) is 4.12. The van der Waals surface area contributed by atoms with Crippen molar-refractivity contribution in [3.63, 3.8) is 0 Å². The topological polar surface area (TPSA) is 54.4 Å². The van der Waals surface area contributed by atoms with E-state index in [2.05, 4.69) is 6.58 Å². The van der Waals surface area contributed by atoms with Gasteiger partial charge in [-0.1, -0.05) is 24.3 Å². The van der Waals surface area contributed by atoms with Crippen LogP contribution in [0.25, 0.3) is 0 Å². The lowest BCUT2D eigenvalue weighted by Gasteiger charge is -2.10. The highest BCUT2D eigenvalue weighted by Gasteiger charge is 2.17. The van der Waals surface area contributed by atoms with Gasteiger partial charge < -0.3 is 0 Å². The molecule has 12 heavy (non-hydrogen) atoms. The molecule has 0 atom stereocenters. The van der Waals surface area contributed by atoms with Crippen molar-refractivity contribution in [1.29, 1.82) is 0 Å². The highest BCUT2D eigenvalue weighted by molar-refractivity contribution is 7.90. The summed E-state index contributed by atoms with van der Waals surface area (Å²) in [6.45, 7) is 5.31. The third-order valence-electron chi connectivity index (χ3n) is 1.64. The van der Waals surface area contributed by atoms with Crippen molar-refractivity contribution in [3.05, 3.63) is 34.8 Å². The molecule has 0 unspecified atom stereocenters. The zero-order chi connectivity index (χ0) is 9.35. The van der Waals surface area contributed by atoms with E-state index in [1.54, 1.807) is 13.0 Å². The van der Waals surface area contributed by atoms with Gasteiger partial charge in [0.05, 0.1) is 4.91 Å². The molecule has 1 N–H and O–H groups in total. The van der Waals surface area contributed by atoms with Gasteiger partial charge in [-0.15, -0.1) is 0 Å². The Labute approximate surface area is 71.8 Å². The molecule has 0 aromatic carbocycles. The van der Waals surface area contributed by atoms with Crippen LogP contribution >= 0.6 is 0 Å². The van der Waals surface area contributed by atoms with E-state index >= 15 is 0 Å². The molecule has 0 radical (unpaired) electrons. The van der Waals surface area contributed by atoms with Crippen LogP contribution < -0.4 is 0 Å². The maximum absolute atomic E-state index is 10.7. The molecule has 0 aliphatic heterocycles. The molecular formula is C8H10O3S. The Balaban J connectivity index is 3.13. The van der Waals surface area contributed by atoms with E-state index in [1.165, 1.54) is 6.08 Å². The third-order valence-corrected chi connectivity index (χ3v) is 2.68. The van der Waals surface area contributed by atoms with Crippen LogP contribution in [0.3, 0.4) is 0 Å². The number of rotatable bonds is 1. The summed E-state index contributed by atoms with van der Waals surface area (Å²) in [6.07, 6.45) is 3.60. The van der Waals surface area contributed by atoms with Gasteiger partial charge in [0.1, 0.15) is 0 Å². The summed E-state index contributed by atoms with van der Waals surface area (Å²) in [6, 6.07) is 0. The van der Waals surface area contributed by atoms with Crippen LogP contribution in [0.1, 0.15) is 13.3 Å². The van der Waals surface area contributed by atoms with Crippen LogP contribution in [-0.4, -0.2) is 13.0 Å². The molecule has 0 heterocycles. The number of hydrogen-bond donors (Lipinski definition) is 1. The Morgan fingerprint density at radius 2 is 2.17 bits per heavy atom. The zero-order valence-electron chi connectivity index (χ0n) is 6.74. The van der Waals surface area contributed by atoms with Gasteiger partial charge in [-0.25, -0.2) is 0 Å². The summed E-state index contributed by atoms with van der Waals surface area (Å²) >= 11 is 0. The van der Waals surface area contributed by atoms with E-state index in [-0.39, 0.29) is 4.91 Å². The number of allylic oxidation sites excluding steroid dienone is 4. The van der Waals surface area contributed by atoms with E-state index in [4.69, 9.17) is 4.55 Å². The Kier molecular flexibility index (Phi) is 2.21. The molecule has 3 nitrogen and oxygen atoms in total. The normalized spacial score (nSPS) is 18.7. The molecule has 0 aromatic rings. The van der Waals surface area contributed by atoms with Crippen LogP contribution in [-0.2, 0) is 10.1 Å². The first-order valence-electron chi connectivity index (χ1n) is 3.45. The molecule has 66 valence electrons. The Hall–Kier alpha value is -0.870. The molecule has 1 aliphatic rings. The minimum absolute atomic E-state index is 0.00472. The summed E-state index contributed by atoms with van der Waals surface area (Å²) in [4.78, 5) is -0.00472. The van der Waals surface area contributed by atoms with E-state index in [0.29, 0.717) is 12.0 Å². The minimum atomic E-state index is -4.05. The van der Waals surface area contributed by atoms with Crippen LogP contribution in [0.4, 0.5) is 0 Å². The Morgan fingerprint density at radius 3 is 2.58 bits per heavy atom. The van der Waals surface area contributed by atoms with Crippen molar-refractivity contribution in [2.24, 2.45) is 0 Å². The molecular weight excluding hydrogens is 176 g/mol. The highest BCUT2D eigenvalue weighted by Crippen LogP contribution is 2.24. The second-order valence-electron chi connectivity index (χ2n) is 2.73. The minimum Gasteiger partial charge on any atom is -0.282 e. The van der Waals surface area contributed by atoms with Crippen molar-refractivity contribution >= 4 is 10.1 Å². The van der Waals surface area contributed by atoms with Crippen molar-refractivity contribution in [2.45, 2.75) is 13.3 Å². The maximum Gasteiger partial charge on any atom is 0.294 e. The summed E-state index contributed by atoms with van der Waals surface area (Å²) in [5.41, 5.74) is 1.38. The Bertz CT molecular complexity index is 371. The molecule has 0 bridgehead atoms. The van der Waals surface area contributed by atoms with E-state index in [9.17, 15) is 8.42 Å². The standard InChI is InChI=1S/C8H10O3S/c1-6-3-4-8(7(2)5-6)12(9,10)11/h4-5H,1,3H2,2H3,(H,9,10,11). The van der Waals surface area contributed by atoms with Gasteiger partial charge in [0, 0.05) is 0 Å². The van der Waals surface area contributed by atoms with Gasteiger partial charge in [-0.3, -0.25) is 4.55 Å². The van der Waals surface area contributed by atoms with Gasteiger partial charge in [0.2, 0.25) is 0 Å². The average Bonchev–Trinajstić information content (AvgIpc) is 1.83. The van der Waals surface area contributed by atoms with Gasteiger partial charge >= 0.3 is 0 Å². The summed E-state index contributed by atoms with van der Waals surface area (Å²) < 4.78 is 30.2. The maximum atomic E-state index is 10.7. The average molecular weight is 186 g/mol. The van der Waals surface area contributed by atoms with Crippen molar-refractivity contribution in [1.82, 2.24) is 0 Å². The largest absolute Gasteiger partial charge is 0.294 e. The molecule has 0 fully saturated rings. The second kappa shape index (κ2) is 2.88. The van der Waals surface area contributed by atoms with Crippen LogP contribution in [0.15, 0.2) is 34.8 Å².